The van der Waals surface area contributed by atoms with E-state index < -0.39 is 11.6 Å². The number of halogens is 2. The van der Waals surface area contributed by atoms with E-state index >= 15 is 0 Å². The van der Waals surface area contributed by atoms with Crippen molar-refractivity contribution in [1.29, 1.82) is 0 Å². The summed E-state index contributed by atoms with van der Waals surface area (Å²) in [6, 6.07) is 10.9. The maximum Gasteiger partial charge on any atom is 0.128 e. The Morgan fingerprint density at radius 3 is 2.24 bits per heavy atom. The lowest BCUT2D eigenvalue weighted by Gasteiger charge is -2.21. The third kappa shape index (κ3) is 3.79. The van der Waals surface area contributed by atoms with Gasteiger partial charge in [0.05, 0.1) is 7.11 Å². The fourth-order valence-electron chi connectivity index (χ4n) is 2.30. The second kappa shape index (κ2) is 6.68. The highest BCUT2D eigenvalue weighted by molar-refractivity contribution is 5.29. The first-order chi connectivity index (χ1) is 10.0. The van der Waals surface area contributed by atoms with E-state index in [0.29, 0.717) is 5.56 Å². The van der Waals surface area contributed by atoms with Crippen LogP contribution in [0.5, 0.6) is 5.75 Å². The van der Waals surface area contributed by atoms with Crippen molar-refractivity contribution in [3.05, 3.63) is 65.2 Å². The zero-order valence-corrected chi connectivity index (χ0v) is 12.4. The average molecular weight is 291 g/mol. The fraction of sp³-hybridized carbons (Fsp3) is 0.294. The molecule has 2 aromatic carbocycles. The van der Waals surface area contributed by atoms with Crippen molar-refractivity contribution in [2.24, 2.45) is 0 Å². The minimum absolute atomic E-state index is 0.00794. The number of methoxy groups -OCH3 is 1. The summed E-state index contributed by atoms with van der Waals surface area (Å²) in [6.45, 7) is 3.80. The van der Waals surface area contributed by atoms with Crippen LogP contribution in [0.15, 0.2) is 42.5 Å². The lowest BCUT2D eigenvalue weighted by atomic mass is 10.0. The average Bonchev–Trinajstić information content (AvgIpc) is 2.49. The van der Waals surface area contributed by atoms with Crippen molar-refractivity contribution >= 4 is 0 Å². The molecule has 2 aromatic rings. The molecule has 2 atom stereocenters. The van der Waals surface area contributed by atoms with Crippen molar-refractivity contribution in [3.63, 3.8) is 0 Å². The van der Waals surface area contributed by atoms with Crippen LogP contribution in [0.4, 0.5) is 8.78 Å². The Balaban J connectivity index is 2.10. The number of hydrogen-bond acceptors (Lipinski definition) is 2. The third-order valence-electron chi connectivity index (χ3n) is 3.54. The van der Waals surface area contributed by atoms with Crippen LogP contribution in [0.25, 0.3) is 0 Å². The standard InChI is InChI=1S/C17H19F2NO/c1-11(13-4-7-15(21-3)8-5-13)20-12(2)16-10-14(18)6-9-17(16)19/h4-12,20H,1-3H3/t11-,12?/m0/s1. The van der Waals surface area contributed by atoms with Gasteiger partial charge in [0.2, 0.25) is 0 Å². The molecule has 0 bridgehead atoms. The number of hydrogen-bond donors (Lipinski definition) is 1. The van der Waals surface area contributed by atoms with Gasteiger partial charge in [0, 0.05) is 17.6 Å². The molecule has 0 fully saturated rings. The summed E-state index contributed by atoms with van der Waals surface area (Å²) < 4.78 is 32.1. The highest BCUT2D eigenvalue weighted by Crippen LogP contribution is 2.23. The third-order valence-corrected chi connectivity index (χ3v) is 3.54. The number of benzene rings is 2. The molecule has 0 aliphatic heterocycles. The first kappa shape index (κ1) is 15.4. The van der Waals surface area contributed by atoms with Crippen LogP contribution in [-0.4, -0.2) is 7.11 Å². The normalized spacial score (nSPS) is 13.8. The van der Waals surface area contributed by atoms with Crippen LogP contribution in [0.1, 0.15) is 37.1 Å². The van der Waals surface area contributed by atoms with Crippen LogP contribution in [0.3, 0.4) is 0 Å². The van der Waals surface area contributed by atoms with Gasteiger partial charge in [0.15, 0.2) is 0 Å². The van der Waals surface area contributed by atoms with Gasteiger partial charge in [-0.15, -0.1) is 0 Å². The molecular formula is C17H19F2NO. The number of nitrogens with one attached hydrogen (secondary N) is 1. The van der Waals surface area contributed by atoms with Crippen molar-refractivity contribution in [3.8, 4) is 5.75 Å². The van der Waals surface area contributed by atoms with Crippen molar-refractivity contribution in [2.45, 2.75) is 25.9 Å². The smallest absolute Gasteiger partial charge is 0.128 e. The van der Waals surface area contributed by atoms with Gasteiger partial charge in [-0.25, -0.2) is 8.78 Å². The second-order valence-corrected chi connectivity index (χ2v) is 5.05. The molecule has 1 unspecified atom stereocenters. The molecule has 112 valence electrons. The van der Waals surface area contributed by atoms with Crippen molar-refractivity contribution in [1.82, 2.24) is 5.32 Å². The summed E-state index contributed by atoms with van der Waals surface area (Å²) in [4.78, 5) is 0. The van der Waals surface area contributed by atoms with Gasteiger partial charge in [-0.3, -0.25) is 0 Å². The zero-order valence-electron chi connectivity index (χ0n) is 12.4. The van der Waals surface area contributed by atoms with Gasteiger partial charge >= 0.3 is 0 Å². The van der Waals surface area contributed by atoms with Gasteiger partial charge in [0.1, 0.15) is 17.4 Å². The Morgan fingerprint density at radius 1 is 0.952 bits per heavy atom. The lowest BCUT2D eigenvalue weighted by molar-refractivity contribution is 0.414. The lowest BCUT2D eigenvalue weighted by Crippen LogP contribution is -2.23. The highest BCUT2D eigenvalue weighted by atomic mass is 19.1. The topological polar surface area (TPSA) is 21.3 Å². The molecule has 1 N–H and O–H groups in total. The fourth-order valence-corrected chi connectivity index (χ4v) is 2.30. The summed E-state index contributed by atoms with van der Waals surface area (Å²) in [7, 11) is 1.62. The predicted octanol–water partition coefficient (Wildman–Crippen LogP) is 4.39. The summed E-state index contributed by atoms with van der Waals surface area (Å²) >= 11 is 0. The zero-order chi connectivity index (χ0) is 15.4. The van der Waals surface area contributed by atoms with E-state index in [-0.39, 0.29) is 12.1 Å². The van der Waals surface area contributed by atoms with Gasteiger partial charge in [-0.2, -0.15) is 0 Å². The SMILES string of the molecule is COc1ccc([C@H](C)NC(C)c2cc(F)ccc2F)cc1. The molecule has 0 radical (unpaired) electrons. The first-order valence-corrected chi connectivity index (χ1v) is 6.86. The van der Waals surface area contributed by atoms with Gasteiger partial charge in [-0.1, -0.05) is 12.1 Å². The Hall–Kier alpha value is -1.94. The largest absolute Gasteiger partial charge is 0.497 e. The van der Waals surface area contributed by atoms with Gasteiger partial charge < -0.3 is 10.1 Å². The van der Waals surface area contributed by atoms with Crippen molar-refractivity contribution < 1.29 is 13.5 Å². The van der Waals surface area contributed by atoms with Crippen LogP contribution in [-0.2, 0) is 0 Å². The molecule has 0 heterocycles. The molecule has 0 saturated carbocycles. The molecule has 0 spiro atoms. The Morgan fingerprint density at radius 2 is 1.62 bits per heavy atom. The monoisotopic (exact) mass is 291 g/mol. The predicted molar refractivity (Wildman–Crippen MR) is 79.3 cm³/mol. The van der Waals surface area contributed by atoms with E-state index in [1.807, 2.05) is 38.1 Å². The summed E-state index contributed by atoms with van der Waals surface area (Å²) in [5.41, 5.74) is 1.38. The van der Waals surface area contributed by atoms with Crippen molar-refractivity contribution in [2.75, 3.05) is 7.11 Å². The molecule has 2 nitrogen and oxygen atoms in total. The van der Waals surface area contributed by atoms with E-state index in [0.717, 1.165) is 23.4 Å². The minimum atomic E-state index is -0.433. The van der Waals surface area contributed by atoms with Gasteiger partial charge in [-0.05, 0) is 49.7 Å². The quantitative estimate of drug-likeness (QED) is 0.882. The van der Waals surface area contributed by atoms with E-state index in [4.69, 9.17) is 4.74 Å². The number of rotatable bonds is 5. The maximum atomic E-state index is 13.7. The summed E-state index contributed by atoms with van der Waals surface area (Å²) in [5, 5.41) is 3.27. The highest BCUT2D eigenvalue weighted by Gasteiger charge is 2.15. The van der Waals surface area contributed by atoms with Crippen LogP contribution >= 0.6 is 0 Å². The van der Waals surface area contributed by atoms with E-state index in [2.05, 4.69) is 5.32 Å². The molecule has 4 heteroatoms. The molecule has 0 amide bonds. The Labute approximate surface area is 123 Å². The van der Waals surface area contributed by atoms with Gasteiger partial charge in [0.25, 0.3) is 0 Å². The molecule has 21 heavy (non-hydrogen) atoms. The first-order valence-electron chi connectivity index (χ1n) is 6.86. The van der Waals surface area contributed by atoms with E-state index in [1.54, 1.807) is 7.11 Å². The van der Waals surface area contributed by atoms with Crippen LogP contribution in [0, 0.1) is 11.6 Å². The molecular weight excluding hydrogens is 272 g/mol. The molecule has 0 aliphatic rings. The Kier molecular flexibility index (Phi) is 4.91. The molecule has 0 aromatic heterocycles. The molecule has 0 saturated heterocycles. The van der Waals surface area contributed by atoms with Crippen LogP contribution < -0.4 is 10.1 Å². The molecule has 2 rings (SSSR count). The maximum absolute atomic E-state index is 13.7. The number of ether oxygens (including phenoxy) is 1. The Bertz CT molecular complexity index is 598. The second-order valence-electron chi connectivity index (χ2n) is 5.05. The summed E-state index contributed by atoms with van der Waals surface area (Å²) in [6.07, 6.45) is 0. The minimum Gasteiger partial charge on any atom is -0.497 e. The van der Waals surface area contributed by atoms with E-state index in [1.165, 1.54) is 6.07 Å². The van der Waals surface area contributed by atoms with E-state index in [9.17, 15) is 8.78 Å². The summed E-state index contributed by atoms with van der Waals surface area (Å²) in [5.74, 6) is -0.0503. The molecule has 0 aliphatic carbocycles. The van der Waals surface area contributed by atoms with Crippen LogP contribution in [0.2, 0.25) is 0 Å².